The number of carbonyl (C=O) groups is 1. The molecular weight excluding hydrogens is 254 g/mol. The van der Waals surface area contributed by atoms with Gasteiger partial charge in [0.15, 0.2) is 0 Å². The van der Waals surface area contributed by atoms with Crippen LogP contribution in [0, 0.1) is 5.92 Å². The van der Waals surface area contributed by atoms with Gasteiger partial charge in [-0.1, -0.05) is 12.8 Å². The SMILES string of the molecule is NS(=O)(=O)CCNC(=O)C1CC2CCCCC2N1. The summed E-state index contributed by atoms with van der Waals surface area (Å²) in [4.78, 5) is 11.9. The average molecular weight is 275 g/mol. The molecule has 2 aliphatic rings. The third kappa shape index (κ3) is 3.66. The number of hydrogen-bond acceptors (Lipinski definition) is 4. The molecule has 1 saturated carbocycles. The Hall–Kier alpha value is -0.660. The first-order valence-electron chi connectivity index (χ1n) is 6.50. The van der Waals surface area contributed by atoms with Gasteiger partial charge in [0.1, 0.15) is 0 Å². The maximum Gasteiger partial charge on any atom is 0.237 e. The summed E-state index contributed by atoms with van der Waals surface area (Å²) in [5, 5.41) is 10.9. The van der Waals surface area contributed by atoms with E-state index >= 15 is 0 Å². The molecule has 1 heterocycles. The molecule has 1 amide bonds. The molecule has 0 radical (unpaired) electrons. The lowest BCUT2D eigenvalue weighted by Crippen LogP contribution is -2.44. The Balaban J connectivity index is 1.77. The van der Waals surface area contributed by atoms with Gasteiger partial charge >= 0.3 is 0 Å². The van der Waals surface area contributed by atoms with Crippen molar-refractivity contribution in [2.45, 2.75) is 44.2 Å². The second-order valence-electron chi connectivity index (χ2n) is 5.26. The van der Waals surface area contributed by atoms with E-state index in [1.807, 2.05) is 0 Å². The summed E-state index contributed by atoms with van der Waals surface area (Å²) < 4.78 is 21.5. The van der Waals surface area contributed by atoms with Gasteiger partial charge < -0.3 is 10.6 Å². The van der Waals surface area contributed by atoms with E-state index < -0.39 is 10.0 Å². The van der Waals surface area contributed by atoms with Gasteiger partial charge in [0.25, 0.3) is 0 Å². The quantitative estimate of drug-likeness (QED) is 0.632. The zero-order chi connectivity index (χ0) is 13.2. The summed E-state index contributed by atoms with van der Waals surface area (Å²) in [5.41, 5.74) is 0. The van der Waals surface area contributed by atoms with E-state index in [0.29, 0.717) is 12.0 Å². The number of nitrogens with one attached hydrogen (secondary N) is 2. The Labute approximate surface area is 108 Å². The molecule has 1 aliphatic heterocycles. The maximum atomic E-state index is 11.9. The van der Waals surface area contributed by atoms with Crippen LogP contribution >= 0.6 is 0 Å². The molecule has 1 aliphatic carbocycles. The van der Waals surface area contributed by atoms with Crippen molar-refractivity contribution in [1.82, 2.24) is 10.6 Å². The number of sulfonamides is 1. The number of hydrogen-bond donors (Lipinski definition) is 3. The van der Waals surface area contributed by atoms with Gasteiger partial charge in [-0.25, -0.2) is 13.6 Å². The minimum absolute atomic E-state index is 0.0885. The number of fused-ring (bicyclic) bond motifs is 1. The second kappa shape index (κ2) is 5.54. The molecule has 3 atom stereocenters. The molecule has 6 nitrogen and oxygen atoms in total. The fourth-order valence-electron chi connectivity index (χ4n) is 2.96. The van der Waals surface area contributed by atoms with E-state index in [1.165, 1.54) is 19.3 Å². The topological polar surface area (TPSA) is 101 Å². The van der Waals surface area contributed by atoms with Crippen LogP contribution in [0.25, 0.3) is 0 Å². The van der Waals surface area contributed by atoms with Crippen LogP contribution in [0.3, 0.4) is 0 Å². The van der Waals surface area contributed by atoms with Crippen LogP contribution in [-0.4, -0.2) is 38.7 Å². The van der Waals surface area contributed by atoms with Gasteiger partial charge in [-0.15, -0.1) is 0 Å². The van der Waals surface area contributed by atoms with Crippen molar-refractivity contribution in [3.8, 4) is 0 Å². The first-order chi connectivity index (χ1) is 8.46. The smallest absolute Gasteiger partial charge is 0.237 e. The molecule has 18 heavy (non-hydrogen) atoms. The lowest BCUT2D eigenvalue weighted by atomic mass is 9.85. The molecule has 0 spiro atoms. The van der Waals surface area contributed by atoms with Gasteiger partial charge in [0.2, 0.25) is 15.9 Å². The summed E-state index contributed by atoms with van der Waals surface area (Å²) in [6.45, 7) is 0.0885. The van der Waals surface area contributed by atoms with Crippen LogP contribution in [0.15, 0.2) is 0 Å². The zero-order valence-electron chi connectivity index (χ0n) is 10.4. The van der Waals surface area contributed by atoms with Gasteiger partial charge in [0, 0.05) is 12.6 Å². The summed E-state index contributed by atoms with van der Waals surface area (Å²) in [7, 11) is -3.50. The fraction of sp³-hybridized carbons (Fsp3) is 0.909. The molecule has 0 bridgehead atoms. The molecule has 104 valence electrons. The van der Waals surface area contributed by atoms with E-state index in [1.54, 1.807) is 0 Å². The highest BCUT2D eigenvalue weighted by Crippen LogP contribution is 2.33. The van der Waals surface area contributed by atoms with Gasteiger partial charge in [0.05, 0.1) is 11.8 Å². The van der Waals surface area contributed by atoms with Crippen molar-refractivity contribution in [2.75, 3.05) is 12.3 Å². The lowest BCUT2D eigenvalue weighted by molar-refractivity contribution is -0.122. The minimum atomic E-state index is -3.50. The van der Waals surface area contributed by atoms with Crippen LogP contribution in [-0.2, 0) is 14.8 Å². The summed E-state index contributed by atoms with van der Waals surface area (Å²) >= 11 is 0. The largest absolute Gasteiger partial charge is 0.354 e. The Morgan fingerprint density at radius 3 is 2.72 bits per heavy atom. The van der Waals surface area contributed by atoms with Crippen molar-refractivity contribution in [3.05, 3.63) is 0 Å². The third-order valence-corrected chi connectivity index (χ3v) is 4.64. The standard InChI is InChI=1S/C11H21N3O3S/c12-18(16,17)6-5-13-11(15)10-7-8-3-1-2-4-9(8)14-10/h8-10,14H,1-7H2,(H,13,15)(H2,12,16,17). The van der Waals surface area contributed by atoms with E-state index in [0.717, 1.165) is 12.8 Å². The molecule has 4 N–H and O–H groups in total. The zero-order valence-corrected chi connectivity index (χ0v) is 11.2. The first kappa shape index (κ1) is 13.8. The number of rotatable bonds is 4. The highest BCUT2D eigenvalue weighted by molar-refractivity contribution is 7.89. The first-order valence-corrected chi connectivity index (χ1v) is 8.21. The van der Waals surface area contributed by atoms with Crippen LogP contribution in [0.4, 0.5) is 0 Å². The highest BCUT2D eigenvalue weighted by Gasteiger charge is 2.37. The lowest BCUT2D eigenvalue weighted by Gasteiger charge is -2.24. The number of nitrogens with two attached hydrogens (primary N) is 1. The predicted octanol–water partition coefficient (Wildman–Crippen LogP) is -0.688. The normalized spacial score (nSPS) is 31.9. The highest BCUT2D eigenvalue weighted by atomic mass is 32.2. The van der Waals surface area contributed by atoms with Crippen LogP contribution in [0.2, 0.25) is 0 Å². The van der Waals surface area contributed by atoms with E-state index in [-0.39, 0.29) is 24.2 Å². The molecule has 0 aromatic rings. The molecule has 2 fully saturated rings. The van der Waals surface area contributed by atoms with Crippen LogP contribution in [0.5, 0.6) is 0 Å². The molecule has 7 heteroatoms. The molecule has 2 rings (SSSR count). The third-order valence-electron chi connectivity index (χ3n) is 3.87. The van der Waals surface area contributed by atoms with Crippen molar-refractivity contribution in [1.29, 1.82) is 0 Å². The summed E-state index contributed by atoms with van der Waals surface area (Å²) in [6, 6.07) is 0.298. The van der Waals surface area contributed by atoms with Gasteiger partial charge in [-0.2, -0.15) is 0 Å². The van der Waals surface area contributed by atoms with Crippen LogP contribution < -0.4 is 15.8 Å². The Morgan fingerprint density at radius 1 is 1.33 bits per heavy atom. The monoisotopic (exact) mass is 275 g/mol. The molecule has 1 saturated heterocycles. The number of carbonyl (C=O) groups excluding carboxylic acids is 1. The maximum absolute atomic E-state index is 11.9. The van der Waals surface area contributed by atoms with Gasteiger partial charge in [-0.3, -0.25) is 4.79 Å². The van der Waals surface area contributed by atoms with E-state index in [4.69, 9.17) is 5.14 Å². The average Bonchev–Trinajstić information content (AvgIpc) is 2.70. The van der Waals surface area contributed by atoms with Crippen molar-refractivity contribution in [3.63, 3.8) is 0 Å². The number of amides is 1. The Morgan fingerprint density at radius 2 is 2.06 bits per heavy atom. The Kier molecular flexibility index (Phi) is 4.24. The van der Waals surface area contributed by atoms with Crippen molar-refractivity contribution < 1.29 is 13.2 Å². The summed E-state index contributed by atoms with van der Waals surface area (Å²) in [5.74, 6) is 0.291. The van der Waals surface area contributed by atoms with Crippen molar-refractivity contribution in [2.24, 2.45) is 11.1 Å². The van der Waals surface area contributed by atoms with Gasteiger partial charge in [-0.05, 0) is 25.2 Å². The number of primary sulfonamides is 1. The molecule has 0 aromatic carbocycles. The fourth-order valence-corrected chi connectivity index (χ4v) is 3.35. The predicted molar refractivity (Wildman–Crippen MR) is 68.3 cm³/mol. The second-order valence-corrected chi connectivity index (χ2v) is 7.00. The Bertz CT molecular complexity index is 396. The minimum Gasteiger partial charge on any atom is -0.354 e. The molecule has 0 aromatic heterocycles. The summed E-state index contributed by atoms with van der Waals surface area (Å²) in [6.07, 6.45) is 5.69. The van der Waals surface area contributed by atoms with Crippen molar-refractivity contribution >= 4 is 15.9 Å². The molecular formula is C11H21N3O3S. The van der Waals surface area contributed by atoms with E-state index in [9.17, 15) is 13.2 Å². The van der Waals surface area contributed by atoms with E-state index in [2.05, 4.69) is 10.6 Å². The van der Waals surface area contributed by atoms with Crippen LogP contribution in [0.1, 0.15) is 32.1 Å². The molecule has 3 unspecified atom stereocenters.